The van der Waals surface area contributed by atoms with E-state index in [0.717, 1.165) is 82.0 Å². The second-order valence-corrected chi connectivity index (χ2v) is 14.9. The summed E-state index contributed by atoms with van der Waals surface area (Å²) in [7, 11) is 3.65. The Bertz CT molecular complexity index is 2270. The molecular formula is C43H45F3N6O5. The third-order valence-corrected chi connectivity index (χ3v) is 10.7. The molecule has 0 spiro atoms. The molecule has 298 valence electrons. The van der Waals surface area contributed by atoms with Crippen LogP contribution in [0.25, 0.3) is 10.9 Å². The molecule has 1 saturated carbocycles. The fraction of sp³-hybridized carbons (Fsp3) is 0.372. The normalized spacial score (nSPS) is 17.0. The Morgan fingerprint density at radius 3 is 2.54 bits per heavy atom. The second-order valence-electron chi connectivity index (χ2n) is 14.9. The van der Waals surface area contributed by atoms with Gasteiger partial charge >= 0.3 is 6.18 Å². The van der Waals surface area contributed by atoms with Gasteiger partial charge in [-0.25, -0.2) is 4.98 Å². The molecule has 5 aromatic rings. The van der Waals surface area contributed by atoms with Gasteiger partial charge in [0.15, 0.2) is 0 Å². The molecule has 57 heavy (non-hydrogen) atoms. The van der Waals surface area contributed by atoms with E-state index >= 15 is 0 Å². The SMILES string of the molecule is COc1cc2nn(C3CCC(CN(C)CCCCCc4cccc(Oc5cccc6c5C(=O)NC(=O)C6)c4)CC3)cc2cc1NC(=O)c1cccc(C(F)(F)F)n1. The number of carbonyl (C=O) groups excluding carboxylic acids is 3. The first-order valence-corrected chi connectivity index (χ1v) is 19.3. The van der Waals surface area contributed by atoms with E-state index in [0.29, 0.717) is 45.5 Å². The van der Waals surface area contributed by atoms with Gasteiger partial charge in [-0.15, -0.1) is 0 Å². The topological polar surface area (TPSA) is 128 Å². The van der Waals surface area contributed by atoms with E-state index in [9.17, 15) is 27.6 Å². The van der Waals surface area contributed by atoms with Crippen molar-refractivity contribution in [3.8, 4) is 17.2 Å². The molecule has 1 aliphatic heterocycles. The molecule has 0 saturated heterocycles. The lowest BCUT2D eigenvalue weighted by atomic mass is 9.86. The van der Waals surface area contributed by atoms with Gasteiger partial charge in [-0.1, -0.05) is 36.8 Å². The zero-order chi connectivity index (χ0) is 40.1. The van der Waals surface area contributed by atoms with Crippen molar-refractivity contribution in [2.45, 2.75) is 70.0 Å². The van der Waals surface area contributed by atoms with Crippen LogP contribution in [-0.2, 0) is 23.8 Å². The van der Waals surface area contributed by atoms with Gasteiger partial charge < -0.3 is 19.7 Å². The predicted molar refractivity (Wildman–Crippen MR) is 209 cm³/mol. The van der Waals surface area contributed by atoms with Gasteiger partial charge in [0, 0.05) is 24.2 Å². The van der Waals surface area contributed by atoms with Gasteiger partial charge in [0.25, 0.3) is 11.8 Å². The van der Waals surface area contributed by atoms with Crippen LogP contribution < -0.4 is 20.1 Å². The van der Waals surface area contributed by atoms with Crippen LogP contribution >= 0.6 is 0 Å². The van der Waals surface area contributed by atoms with Crippen molar-refractivity contribution in [2.75, 3.05) is 32.6 Å². The van der Waals surface area contributed by atoms with Gasteiger partial charge in [-0.05, 0) is 112 Å². The van der Waals surface area contributed by atoms with E-state index < -0.39 is 23.7 Å². The maximum absolute atomic E-state index is 13.1. The van der Waals surface area contributed by atoms with Crippen LogP contribution in [0.4, 0.5) is 18.9 Å². The highest BCUT2D eigenvalue weighted by molar-refractivity contribution is 6.11. The van der Waals surface area contributed by atoms with Crippen molar-refractivity contribution < 1.29 is 37.0 Å². The second kappa shape index (κ2) is 17.2. The van der Waals surface area contributed by atoms with Crippen molar-refractivity contribution in [1.82, 2.24) is 25.0 Å². The Balaban J connectivity index is 0.846. The van der Waals surface area contributed by atoms with Crippen molar-refractivity contribution >= 4 is 34.3 Å². The Morgan fingerprint density at radius 2 is 1.75 bits per heavy atom. The molecule has 0 atom stereocenters. The number of carbonyl (C=O) groups is 3. The number of fused-ring (bicyclic) bond motifs is 2. The lowest BCUT2D eigenvalue weighted by Crippen LogP contribution is -2.37. The van der Waals surface area contributed by atoms with Crippen LogP contribution in [0, 0.1) is 5.92 Å². The number of anilines is 1. The highest BCUT2D eigenvalue weighted by atomic mass is 19.4. The third-order valence-electron chi connectivity index (χ3n) is 10.7. The molecular weight excluding hydrogens is 738 g/mol. The average Bonchev–Trinajstić information content (AvgIpc) is 3.60. The molecule has 1 aliphatic carbocycles. The Hall–Kier alpha value is -5.76. The van der Waals surface area contributed by atoms with Gasteiger partial charge in [0.1, 0.15) is 28.6 Å². The summed E-state index contributed by atoms with van der Waals surface area (Å²) >= 11 is 0. The molecule has 0 radical (unpaired) electrons. The third kappa shape index (κ3) is 9.62. The summed E-state index contributed by atoms with van der Waals surface area (Å²) in [6.45, 7) is 2.07. The smallest absolute Gasteiger partial charge is 0.433 e. The van der Waals surface area contributed by atoms with Gasteiger partial charge in [-0.2, -0.15) is 18.3 Å². The highest BCUT2D eigenvalue weighted by Crippen LogP contribution is 2.36. The van der Waals surface area contributed by atoms with Crippen LogP contribution in [0.3, 0.4) is 0 Å². The number of methoxy groups -OCH3 is 1. The number of nitrogens with zero attached hydrogens (tertiary/aromatic N) is 4. The van der Waals surface area contributed by atoms with E-state index in [4.69, 9.17) is 14.6 Å². The number of aromatic nitrogens is 3. The van der Waals surface area contributed by atoms with E-state index in [2.05, 4.69) is 33.6 Å². The van der Waals surface area contributed by atoms with Crippen molar-refractivity contribution in [2.24, 2.45) is 5.92 Å². The summed E-state index contributed by atoms with van der Waals surface area (Å²) in [5, 5.41) is 10.6. The fourth-order valence-electron chi connectivity index (χ4n) is 7.81. The summed E-state index contributed by atoms with van der Waals surface area (Å²) in [6.07, 6.45) is 5.81. The summed E-state index contributed by atoms with van der Waals surface area (Å²) in [5.41, 5.74) is 1.79. The largest absolute Gasteiger partial charge is 0.494 e. The number of unbranched alkanes of at least 4 members (excludes halogenated alkanes) is 2. The number of pyridine rings is 1. The minimum atomic E-state index is -4.66. The van der Waals surface area contributed by atoms with Crippen LogP contribution in [0.2, 0.25) is 0 Å². The zero-order valence-electron chi connectivity index (χ0n) is 31.9. The Morgan fingerprint density at radius 1 is 0.965 bits per heavy atom. The number of hydrogen-bond acceptors (Lipinski definition) is 8. The molecule has 2 N–H and O–H groups in total. The number of alkyl halides is 3. The Kier molecular flexibility index (Phi) is 11.9. The first kappa shape index (κ1) is 39.5. The minimum Gasteiger partial charge on any atom is -0.494 e. The molecule has 0 unspecified atom stereocenters. The van der Waals surface area contributed by atoms with Crippen molar-refractivity contribution in [3.63, 3.8) is 0 Å². The van der Waals surface area contributed by atoms with E-state index in [1.165, 1.54) is 18.7 Å². The number of imide groups is 1. The van der Waals surface area contributed by atoms with Crippen molar-refractivity contribution in [3.05, 3.63) is 107 Å². The van der Waals surface area contributed by atoms with Crippen LogP contribution in [0.5, 0.6) is 17.2 Å². The van der Waals surface area contributed by atoms with Gasteiger partial charge in [0.2, 0.25) is 5.91 Å². The maximum atomic E-state index is 13.1. The molecule has 3 amide bonds. The van der Waals surface area contributed by atoms with Gasteiger partial charge in [0.05, 0.1) is 36.3 Å². The summed E-state index contributed by atoms with van der Waals surface area (Å²) in [4.78, 5) is 43.1. The molecule has 3 heterocycles. The molecule has 2 aliphatic rings. The summed E-state index contributed by atoms with van der Waals surface area (Å²) < 4.78 is 53.0. The molecule has 2 aromatic heterocycles. The first-order chi connectivity index (χ1) is 27.4. The monoisotopic (exact) mass is 782 g/mol. The van der Waals surface area contributed by atoms with E-state index in [1.54, 1.807) is 30.3 Å². The fourth-order valence-corrected chi connectivity index (χ4v) is 7.81. The minimum absolute atomic E-state index is 0.157. The molecule has 11 nitrogen and oxygen atoms in total. The average molecular weight is 783 g/mol. The molecule has 1 fully saturated rings. The number of amides is 3. The molecule has 14 heteroatoms. The lowest BCUT2D eigenvalue weighted by Gasteiger charge is -2.31. The molecule has 0 bridgehead atoms. The summed E-state index contributed by atoms with van der Waals surface area (Å²) in [5.74, 6) is 0.545. The van der Waals surface area contributed by atoms with E-state index in [1.807, 2.05) is 29.1 Å². The number of nitrogens with one attached hydrogen (secondary N) is 2. The standard InChI is InChI=1S/C43H45F3N6O5/c1-51(20-5-3-4-9-27-10-6-12-32(21-27)57-36-14-7-11-29-23-39(53)49-42(55)40(29)36)25-28-16-18-31(19-17-28)52-26-30-22-35(37(56-2)24-34(30)50-52)48-41(54)33-13-8-15-38(47-33)43(44,45)46/h6-8,10-15,21-22,24,26,28,31H,3-5,9,16-20,23,25H2,1-2H3,(H,48,54)(H,49,53,55). The summed E-state index contributed by atoms with van der Waals surface area (Å²) in [6, 6.07) is 20.2. The van der Waals surface area contributed by atoms with Crippen LogP contribution in [0.1, 0.15) is 88.7 Å². The Labute approximate surface area is 328 Å². The number of benzene rings is 3. The number of aryl methyl sites for hydroxylation is 1. The quantitative estimate of drug-likeness (QED) is 0.0850. The number of ether oxygens (including phenoxy) is 2. The molecule has 3 aromatic carbocycles. The predicted octanol–water partition coefficient (Wildman–Crippen LogP) is 8.39. The number of halogens is 3. The van der Waals surface area contributed by atoms with Crippen LogP contribution in [-0.4, -0.2) is 64.6 Å². The van der Waals surface area contributed by atoms with E-state index in [-0.39, 0.29) is 24.1 Å². The maximum Gasteiger partial charge on any atom is 0.433 e. The van der Waals surface area contributed by atoms with Crippen molar-refractivity contribution in [1.29, 1.82) is 0 Å². The first-order valence-electron chi connectivity index (χ1n) is 19.3. The van der Waals surface area contributed by atoms with Crippen LogP contribution in [0.15, 0.2) is 79.0 Å². The number of hydrogen-bond donors (Lipinski definition) is 2. The lowest BCUT2D eigenvalue weighted by molar-refractivity contribution is -0.141. The molecule has 7 rings (SSSR count). The number of rotatable bonds is 14. The highest BCUT2D eigenvalue weighted by Gasteiger charge is 2.33. The van der Waals surface area contributed by atoms with Gasteiger partial charge in [-0.3, -0.25) is 24.4 Å². The zero-order valence-corrected chi connectivity index (χ0v) is 31.9.